The fourth-order valence-electron chi connectivity index (χ4n) is 15.6. The lowest BCUT2D eigenvalue weighted by molar-refractivity contribution is -0.147. The molecule has 1 aromatic carbocycles. The second-order valence-corrected chi connectivity index (χ2v) is 30.6. The number of carbonyl (C=O) groups is 11. The van der Waals surface area contributed by atoms with Gasteiger partial charge in [0.2, 0.25) is 53.2 Å². The molecule has 3 saturated heterocycles. The molecule has 6 fully saturated rings. The van der Waals surface area contributed by atoms with Crippen LogP contribution >= 0.6 is 23.5 Å². The van der Waals surface area contributed by atoms with Crippen LogP contribution in [0.15, 0.2) is 36.8 Å². The van der Waals surface area contributed by atoms with Crippen molar-refractivity contribution in [2.45, 2.75) is 232 Å². The number of carboxylic acid groups (broad SMARTS) is 2. The number of hydrogen-bond acceptors (Lipinski definition) is 17. The van der Waals surface area contributed by atoms with Gasteiger partial charge in [0.1, 0.15) is 60.2 Å². The summed E-state index contributed by atoms with van der Waals surface area (Å²) in [7, 11) is 0. The summed E-state index contributed by atoms with van der Waals surface area (Å²) in [6.45, 7) is 4.10. The highest BCUT2D eigenvalue weighted by atomic mass is 32.2. The molecule has 7 aliphatic rings. The number of hydrogen-bond donors (Lipinski definition) is 14. The third-order valence-electron chi connectivity index (χ3n) is 21.1. The maximum atomic E-state index is 15.3. The Hall–Kier alpha value is -6.96. The van der Waals surface area contributed by atoms with Crippen LogP contribution in [0.2, 0.25) is 0 Å². The van der Waals surface area contributed by atoms with E-state index < -0.39 is 150 Å². The van der Waals surface area contributed by atoms with Crippen molar-refractivity contribution in [1.29, 1.82) is 0 Å². The summed E-state index contributed by atoms with van der Waals surface area (Å²) in [5.41, 5.74) is 1.03. The molecule has 1 aromatic heterocycles. The molecule has 4 aliphatic heterocycles. The minimum absolute atomic E-state index is 0.0422. The lowest BCUT2D eigenvalue weighted by Gasteiger charge is -2.38. The predicted molar refractivity (Wildman–Crippen MR) is 363 cm³/mol. The lowest BCUT2D eigenvalue weighted by atomic mass is 9.76. The van der Waals surface area contributed by atoms with Crippen molar-refractivity contribution in [2.75, 3.05) is 37.7 Å². The third kappa shape index (κ3) is 21.5. The summed E-state index contributed by atoms with van der Waals surface area (Å²) in [6, 6.07) is -2.97. The maximum Gasteiger partial charge on any atom is 0.305 e. The maximum absolute atomic E-state index is 15.3. The summed E-state index contributed by atoms with van der Waals surface area (Å²) in [5, 5.41) is 59.1. The van der Waals surface area contributed by atoms with Crippen LogP contribution in [0.4, 0.5) is 8.78 Å². The standard InChI is InChI=1S/C68H99F2N13O14S2/c1-37-60(90)78-52(25-41-31-73-49-13-9-43(69)27-47(41)49)62(92)79-53(26-42-32-74-50-14-10-44(70)28-48(42)50)63(93)81-55(30-59(88)89)65(95)80-54(29-45-33-71-36-75-45)64(94)82-56(24-38-7-11-46(84)12-8-38)66(96)83-20-4-18-68(83,2)67(97)72-19-22-99-35-40-6-3-5-39(23-40)34-98-21-17-57(85)77-51(61(91)76-37)15-16-58(86)87/h3,5-6,23,33,36-38,41-44,46-56,73-74,84H,4,7-22,24-32,34-35H2,1-2H3,(H,71,75)(H,72,97)(H,76,91)(H,77,85)(H,78,90)(H,79,92)(H,80,95)(H,81,93)(H,82,94)(H,86,87)(H,88,89)/t37-,38?,41?,42?,43?,44?,46?,47?,48?,49?,50?,51+,52+,53+,54+,55+,56+,68+/m1/s1. The van der Waals surface area contributed by atoms with Crippen molar-refractivity contribution < 1.29 is 76.8 Å². The summed E-state index contributed by atoms with van der Waals surface area (Å²) >= 11 is 3.06. The van der Waals surface area contributed by atoms with E-state index >= 15 is 28.0 Å². The highest BCUT2D eigenvalue weighted by molar-refractivity contribution is 7.98. The number of alkyl halides is 2. The number of H-pyrrole nitrogens is 1. The van der Waals surface area contributed by atoms with Crippen LogP contribution < -0.4 is 53.2 Å². The monoisotopic (exact) mass is 1420 g/mol. The molecule has 9 amide bonds. The Labute approximate surface area is 583 Å². The number of fused-ring (bicyclic) bond motifs is 5. The highest BCUT2D eigenvalue weighted by Crippen LogP contribution is 2.40. The number of thioether (sulfide) groups is 2. The number of nitrogens with zero attached hydrogens (tertiary/aromatic N) is 2. The number of aliphatic hydroxyl groups excluding tert-OH is 1. The minimum Gasteiger partial charge on any atom is -0.481 e. The van der Waals surface area contributed by atoms with Gasteiger partial charge in [0, 0.05) is 79.3 Å². The van der Waals surface area contributed by atoms with Gasteiger partial charge in [0.25, 0.3) is 0 Å². The molecule has 8 unspecified atom stereocenters. The molecule has 0 spiro atoms. The Morgan fingerprint density at radius 1 is 0.657 bits per heavy atom. The summed E-state index contributed by atoms with van der Waals surface area (Å²) in [4.78, 5) is 165. The number of rotatable bonds is 13. The smallest absolute Gasteiger partial charge is 0.305 e. The van der Waals surface area contributed by atoms with E-state index in [1.54, 1.807) is 18.7 Å². The first-order valence-corrected chi connectivity index (χ1v) is 37.5. The number of aliphatic carboxylic acids is 2. The second-order valence-electron chi connectivity index (χ2n) is 28.3. The van der Waals surface area contributed by atoms with Crippen molar-refractivity contribution in [3.63, 3.8) is 0 Å². The number of halogens is 2. The Morgan fingerprint density at radius 3 is 1.83 bits per heavy atom. The van der Waals surface area contributed by atoms with Gasteiger partial charge < -0.3 is 78.4 Å². The zero-order valence-electron chi connectivity index (χ0n) is 56.4. The molecule has 3 aliphatic carbocycles. The summed E-state index contributed by atoms with van der Waals surface area (Å²) in [6.07, 6.45) is 2.32. The molecule has 546 valence electrons. The van der Waals surface area contributed by atoms with E-state index in [4.69, 9.17) is 0 Å². The van der Waals surface area contributed by atoms with E-state index in [-0.39, 0.29) is 100 Å². The Morgan fingerprint density at radius 2 is 1.22 bits per heavy atom. The molecular formula is C68H99F2N13O14S2. The molecule has 0 radical (unpaired) electrons. The zero-order valence-corrected chi connectivity index (χ0v) is 58.0. The first kappa shape index (κ1) is 76.2. The SMILES string of the molecule is C[C@H]1NC(=O)[C@H](CCC(=O)O)NC(=O)CCSCc2cccc(c2)CSCCNC(=O)[C@]2(C)CCCN2C(=O)[C@H](CC2CCC(O)CC2)NC(=O)[C@H](Cc2cnc[nH]2)NC(=O)[C@H](CC(=O)O)NC(=O)[C@H](CC2CNC3CCC(F)CC23)NC(=O)[C@H](CC2CNC3CCC(F)CC23)NC1=O. The molecule has 2 aromatic rings. The largest absolute Gasteiger partial charge is 0.481 e. The number of carboxylic acids is 2. The predicted octanol–water partition coefficient (Wildman–Crippen LogP) is 1.95. The lowest BCUT2D eigenvalue weighted by Crippen LogP contribution is -2.62. The van der Waals surface area contributed by atoms with Crippen LogP contribution in [0.1, 0.15) is 153 Å². The van der Waals surface area contributed by atoms with Gasteiger partial charge in [-0.3, -0.25) is 52.7 Å². The number of imidazole rings is 1. The Bertz CT molecular complexity index is 3170. The van der Waals surface area contributed by atoms with E-state index in [9.17, 15) is 48.9 Å². The van der Waals surface area contributed by atoms with Crippen molar-refractivity contribution in [1.82, 2.24) is 68.0 Å². The van der Waals surface area contributed by atoms with Crippen LogP contribution in [0.25, 0.3) is 0 Å². The topological polar surface area (TPSA) is 401 Å². The van der Waals surface area contributed by atoms with Gasteiger partial charge in [-0.25, -0.2) is 13.8 Å². The number of aromatic amines is 1. The number of nitrogens with one attached hydrogen (secondary N) is 11. The van der Waals surface area contributed by atoms with Gasteiger partial charge in [-0.1, -0.05) is 24.3 Å². The quantitative estimate of drug-likeness (QED) is 0.136. The molecule has 27 nitrogen and oxygen atoms in total. The van der Waals surface area contributed by atoms with E-state index in [1.165, 1.54) is 36.1 Å². The molecule has 31 heteroatoms. The van der Waals surface area contributed by atoms with E-state index in [0.29, 0.717) is 106 Å². The molecule has 16 atom stereocenters. The Kier molecular flexibility index (Phi) is 27.8. The second kappa shape index (κ2) is 36.1. The van der Waals surface area contributed by atoms with Gasteiger partial charge >= 0.3 is 11.9 Å². The van der Waals surface area contributed by atoms with Crippen molar-refractivity contribution >= 4 is 88.6 Å². The van der Waals surface area contributed by atoms with E-state index in [0.717, 1.165) is 11.1 Å². The number of carbonyl (C=O) groups excluding carboxylic acids is 9. The molecule has 3 saturated carbocycles. The highest BCUT2D eigenvalue weighted by Gasteiger charge is 2.49. The number of amides is 9. The van der Waals surface area contributed by atoms with Crippen molar-refractivity contribution in [2.24, 2.45) is 29.6 Å². The van der Waals surface area contributed by atoms with Crippen LogP contribution in [0.5, 0.6) is 0 Å². The Balaban J connectivity index is 1.03. The average Bonchev–Trinajstić information content (AvgIpc) is 1.72. The van der Waals surface area contributed by atoms with Gasteiger partial charge in [-0.15, -0.1) is 0 Å². The number of aliphatic hydroxyl groups is 1. The van der Waals surface area contributed by atoms with Crippen LogP contribution in [0.3, 0.4) is 0 Å². The zero-order chi connectivity index (χ0) is 70.9. The van der Waals surface area contributed by atoms with Crippen LogP contribution in [-0.2, 0) is 70.7 Å². The summed E-state index contributed by atoms with van der Waals surface area (Å²) < 4.78 is 30.5. The molecule has 5 heterocycles. The molecule has 2 bridgehead atoms. The molecule has 99 heavy (non-hydrogen) atoms. The molecule has 9 rings (SSSR count). The van der Waals surface area contributed by atoms with Gasteiger partial charge in [0.05, 0.1) is 18.9 Å². The number of benzene rings is 1. The summed E-state index contributed by atoms with van der Waals surface area (Å²) in [5.74, 6) is -9.58. The van der Waals surface area contributed by atoms with Crippen LogP contribution in [0, 0.1) is 29.6 Å². The van der Waals surface area contributed by atoms with E-state index in [1.807, 2.05) is 24.3 Å². The van der Waals surface area contributed by atoms with Gasteiger partial charge in [0.15, 0.2) is 0 Å². The van der Waals surface area contributed by atoms with Crippen LogP contribution in [-0.4, -0.2) is 211 Å². The van der Waals surface area contributed by atoms with Gasteiger partial charge in [-0.05, 0) is 170 Å². The first-order valence-electron chi connectivity index (χ1n) is 35.2. The van der Waals surface area contributed by atoms with Crippen molar-refractivity contribution in [3.8, 4) is 0 Å². The molecular weight excluding hydrogens is 1320 g/mol. The fraction of sp³-hybridized carbons (Fsp3) is 0.706. The van der Waals surface area contributed by atoms with Crippen molar-refractivity contribution in [3.05, 3.63) is 53.6 Å². The fourth-order valence-corrected chi connectivity index (χ4v) is 17.3. The number of aromatic nitrogens is 2. The first-order chi connectivity index (χ1) is 47.4. The third-order valence-corrected chi connectivity index (χ3v) is 23.2. The van der Waals surface area contributed by atoms with E-state index in [2.05, 4.69) is 63.1 Å². The average molecular weight is 1420 g/mol. The van der Waals surface area contributed by atoms with Gasteiger partial charge in [-0.2, -0.15) is 23.5 Å². The minimum atomic E-state index is -1.93. The molecule has 14 N–H and O–H groups in total. The normalized spacial score (nSPS) is 34.3.